The molecule has 2 atom stereocenters. The number of rotatable bonds is 4. The first kappa shape index (κ1) is 21.2. The Hall–Kier alpha value is -0.0900. The monoisotopic (exact) mass is 485 g/mol. The van der Waals surface area contributed by atoms with Crippen LogP contribution < -0.4 is 5.32 Å². The van der Waals surface area contributed by atoms with Gasteiger partial charge in [0.2, 0.25) is 0 Å². The Morgan fingerprint density at radius 2 is 1.96 bits per heavy atom. The molecule has 0 bridgehead atoms. The third-order valence-electron chi connectivity index (χ3n) is 5.62. The number of nitrogens with one attached hydrogen (secondary N) is 1. The third-order valence-corrected chi connectivity index (χ3v) is 7.45. The number of sulfone groups is 1. The van der Waals surface area contributed by atoms with Gasteiger partial charge in [0.05, 0.1) is 11.5 Å². The number of nitrogens with zero attached hydrogens (tertiary/aromatic N) is 2. The Kier molecular flexibility index (Phi) is 8.26. The predicted molar refractivity (Wildman–Crippen MR) is 111 cm³/mol. The number of hydrogen-bond donors (Lipinski definition) is 1. The highest BCUT2D eigenvalue weighted by Crippen LogP contribution is 2.31. The lowest BCUT2D eigenvalue weighted by molar-refractivity contribution is 0.0488. The zero-order valence-corrected chi connectivity index (χ0v) is 18.3. The maximum Gasteiger partial charge on any atom is 0.193 e. The van der Waals surface area contributed by atoms with E-state index in [0.717, 1.165) is 57.1 Å². The molecule has 3 saturated heterocycles. The van der Waals surface area contributed by atoms with E-state index in [1.54, 1.807) is 0 Å². The Labute approximate surface area is 169 Å². The highest BCUT2D eigenvalue weighted by molar-refractivity contribution is 14.0. The summed E-state index contributed by atoms with van der Waals surface area (Å²) < 4.78 is 28.7. The van der Waals surface area contributed by atoms with Gasteiger partial charge in [-0.25, -0.2) is 8.42 Å². The molecule has 2 unspecified atom stereocenters. The van der Waals surface area contributed by atoms with Crippen LogP contribution in [0.4, 0.5) is 0 Å². The average Bonchev–Trinajstić information content (AvgIpc) is 3.19. The number of aliphatic imine (C=N–C) groups is 1. The molecule has 8 heteroatoms. The van der Waals surface area contributed by atoms with E-state index < -0.39 is 9.84 Å². The number of hydrogen-bond acceptors (Lipinski definition) is 4. The van der Waals surface area contributed by atoms with Crippen molar-refractivity contribution in [2.75, 3.05) is 50.9 Å². The van der Waals surface area contributed by atoms with Crippen LogP contribution >= 0.6 is 24.0 Å². The molecular weight excluding hydrogens is 453 g/mol. The molecule has 3 rings (SSSR count). The molecule has 0 amide bonds. The van der Waals surface area contributed by atoms with Crippen molar-refractivity contribution in [2.45, 2.75) is 32.6 Å². The van der Waals surface area contributed by atoms with Gasteiger partial charge in [0.15, 0.2) is 15.8 Å². The fraction of sp³-hybridized carbons (Fsp3) is 0.941. The summed E-state index contributed by atoms with van der Waals surface area (Å²) in [6.45, 7) is 7.50. The molecule has 0 spiro atoms. The minimum absolute atomic E-state index is 0. The van der Waals surface area contributed by atoms with Gasteiger partial charge in [0, 0.05) is 39.4 Å². The number of ether oxygens (including phenoxy) is 1. The van der Waals surface area contributed by atoms with E-state index in [4.69, 9.17) is 9.73 Å². The summed E-state index contributed by atoms with van der Waals surface area (Å²) >= 11 is 0. The van der Waals surface area contributed by atoms with E-state index in [9.17, 15) is 8.42 Å². The molecule has 0 aromatic carbocycles. The first-order chi connectivity index (χ1) is 11.6. The van der Waals surface area contributed by atoms with Crippen molar-refractivity contribution < 1.29 is 13.2 Å². The molecule has 0 saturated carbocycles. The summed E-state index contributed by atoms with van der Waals surface area (Å²) in [6.07, 6.45) is 4.36. The van der Waals surface area contributed by atoms with Crippen LogP contribution in [-0.4, -0.2) is 70.2 Å². The lowest BCUT2D eigenvalue weighted by Gasteiger charge is -2.28. The van der Waals surface area contributed by atoms with Crippen LogP contribution in [-0.2, 0) is 14.6 Å². The van der Waals surface area contributed by atoms with Gasteiger partial charge in [-0.3, -0.25) is 4.99 Å². The molecule has 3 aliphatic heterocycles. The molecule has 0 aromatic heterocycles. The summed E-state index contributed by atoms with van der Waals surface area (Å²) in [4.78, 5) is 7.13. The fourth-order valence-electron chi connectivity index (χ4n) is 4.21. The molecule has 6 nitrogen and oxygen atoms in total. The average molecular weight is 485 g/mol. The topological polar surface area (TPSA) is 71.0 Å². The van der Waals surface area contributed by atoms with Crippen LogP contribution in [0.25, 0.3) is 0 Å². The minimum Gasteiger partial charge on any atom is -0.381 e. The van der Waals surface area contributed by atoms with Gasteiger partial charge in [-0.2, -0.15) is 0 Å². The summed E-state index contributed by atoms with van der Waals surface area (Å²) in [5, 5.41) is 3.39. The molecule has 25 heavy (non-hydrogen) atoms. The molecule has 3 heterocycles. The van der Waals surface area contributed by atoms with Gasteiger partial charge in [-0.15, -0.1) is 24.0 Å². The van der Waals surface area contributed by atoms with Gasteiger partial charge in [0.1, 0.15) is 0 Å². The van der Waals surface area contributed by atoms with Crippen LogP contribution in [0, 0.1) is 17.8 Å². The SMILES string of the molecule is CCNC(=NCC1CCS(=O)(=O)C1)N1CCC(C2CCOCC2)C1.I. The van der Waals surface area contributed by atoms with Gasteiger partial charge in [-0.1, -0.05) is 0 Å². The molecular formula is C17H32IN3O3S. The highest BCUT2D eigenvalue weighted by Gasteiger charge is 2.32. The number of guanidine groups is 1. The van der Waals surface area contributed by atoms with Crippen LogP contribution in [0.2, 0.25) is 0 Å². The third kappa shape index (κ3) is 5.95. The van der Waals surface area contributed by atoms with Crippen molar-refractivity contribution in [3.8, 4) is 0 Å². The van der Waals surface area contributed by atoms with Crippen molar-refractivity contribution in [3.05, 3.63) is 0 Å². The van der Waals surface area contributed by atoms with Crippen molar-refractivity contribution in [2.24, 2.45) is 22.7 Å². The minimum atomic E-state index is -2.81. The second-order valence-corrected chi connectivity index (χ2v) is 9.64. The second-order valence-electron chi connectivity index (χ2n) is 7.41. The maximum absolute atomic E-state index is 11.6. The Bertz CT molecular complexity index is 549. The highest BCUT2D eigenvalue weighted by atomic mass is 127. The van der Waals surface area contributed by atoms with Crippen molar-refractivity contribution in [3.63, 3.8) is 0 Å². The van der Waals surface area contributed by atoms with Crippen LogP contribution in [0.1, 0.15) is 32.6 Å². The van der Waals surface area contributed by atoms with E-state index in [1.807, 2.05) is 0 Å². The van der Waals surface area contributed by atoms with E-state index >= 15 is 0 Å². The van der Waals surface area contributed by atoms with Crippen LogP contribution in [0.15, 0.2) is 4.99 Å². The quantitative estimate of drug-likeness (QED) is 0.374. The lowest BCUT2D eigenvalue weighted by atomic mass is 9.85. The van der Waals surface area contributed by atoms with Crippen LogP contribution in [0.5, 0.6) is 0 Å². The van der Waals surface area contributed by atoms with E-state index in [2.05, 4.69) is 17.1 Å². The molecule has 3 fully saturated rings. The van der Waals surface area contributed by atoms with E-state index in [0.29, 0.717) is 18.1 Å². The molecule has 3 aliphatic rings. The summed E-state index contributed by atoms with van der Waals surface area (Å²) in [6, 6.07) is 0. The standard InChI is InChI=1S/C17H31N3O3S.HI/c1-2-18-17(19-11-14-6-10-24(21,22)13-14)20-7-3-16(12-20)15-4-8-23-9-5-15;/h14-16H,2-13H2,1H3,(H,18,19);1H. The van der Waals surface area contributed by atoms with Gasteiger partial charge >= 0.3 is 0 Å². The molecule has 0 radical (unpaired) electrons. The van der Waals surface area contributed by atoms with Crippen molar-refractivity contribution >= 4 is 39.8 Å². The summed E-state index contributed by atoms with van der Waals surface area (Å²) in [5.41, 5.74) is 0. The Balaban J connectivity index is 0.00000225. The zero-order chi connectivity index (χ0) is 17.0. The van der Waals surface area contributed by atoms with Gasteiger partial charge in [0.25, 0.3) is 0 Å². The second kappa shape index (κ2) is 9.73. The van der Waals surface area contributed by atoms with E-state index in [-0.39, 0.29) is 29.9 Å². The molecule has 146 valence electrons. The Morgan fingerprint density at radius 1 is 1.20 bits per heavy atom. The predicted octanol–water partition coefficient (Wildman–Crippen LogP) is 1.75. The first-order valence-corrected chi connectivity index (χ1v) is 11.2. The maximum atomic E-state index is 11.6. The fourth-order valence-corrected chi connectivity index (χ4v) is 6.06. The largest absolute Gasteiger partial charge is 0.381 e. The van der Waals surface area contributed by atoms with Crippen molar-refractivity contribution in [1.82, 2.24) is 10.2 Å². The normalized spacial score (nSPS) is 30.3. The summed E-state index contributed by atoms with van der Waals surface area (Å²) in [7, 11) is -2.81. The van der Waals surface area contributed by atoms with Crippen LogP contribution in [0.3, 0.4) is 0 Å². The lowest BCUT2D eigenvalue weighted by Crippen LogP contribution is -2.41. The molecule has 0 aliphatic carbocycles. The van der Waals surface area contributed by atoms with Gasteiger partial charge < -0.3 is 15.0 Å². The smallest absolute Gasteiger partial charge is 0.193 e. The number of likely N-dealkylation sites (tertiary alicyclic amines) is 1. The number of halogens is 1. The molecule has 0 aromatic rings. The first-order valence-electron chi connectivity index (χ1n) is 9.39. The van der Waals surface area contributed by atoms with Gasteiger partial charge in [-0.05, 0) is 50.4 Å². The molecule has 1 N–H and O–H groups in total. The summed E-state index contributed by atoms with van der Waals surface area (Å²) in [5.74, 6) is 3.32. The zero-order valence-electron chi connectivity index (χ0n) is 15.2. The Morgan fingerprint density at radius 3 is 2.60 bits per heavy atom. The van der Waals surface area contributed by atoms with Crippen molar-refractivity contribution in [1.29, 1.82) is 0 Å². The van der Waals surface area contributed by atoms with E-state index in [1.165, 1.54) is 19.3 Å².